The van der Waals surface area contributed by atoms with Crippen molar-refractivity contribution in [3.05, 3.63) is 69.9 Å². The molecular formula is C16H16FN3O. The molecule has 0 spiro atoms. The van der Waals surface area contributed by atoms with Crippen molar-refractivity contribution >= 4 is 11.0 Å². The highest BCUT2D eigenvalue weighted by atomic mass is 19.1. The van der Waals surface area contributed by atoms with Crippen LogP contribution in [0.1, 0.15) is 24.1 Å². The van der Waals surface area contributed by atoms with Gasteiger partial charge in [0, 0.05) is 12.6 Å². The highest BCUT2D eigenvalue weighted by Crippen LogP contribution is 2.17. The lowest BCUT2D eigenvalue weighted by Gasteiger charge is -2.14. The number of aromatic nitrogens is 2. The Morgan fingerprint density at radius 2 is 1.81 bits per heavy atom. The number of hydrogen-bond acceptors (Lipinski definition) is 2. The molecule has 0 bridgehead atoms. The van der Waals surface area contributed by atoms with E-state index in [1.54, 1.807) is 12.1 Å². The van der Waals surface area contributed by atoms with Crippen molar-refractivity contribution in [3.63, 3.8) is 0 Å². The second-order valence-corrected chi connectivity index (χ2v) is 5.11. The Bertz CT molecular complexity index is 804. The van der Waals surface area contributed by atoms with Crippen molar-refractivity contribution in [2.24, 2.45) is 0 Å². The lowest BCUT2D eigenvalue weighted by atomic mass is 10.1. The van der Waals surface area contributed by atoms with E-state index < -0.39 is 0 Å². The van der Waals surface area contributed by atoms with Crippen LogP contribution in [0.15, 0.2) is 47.3 Å². The molecule has 2 aromatic carbocycles. The molecule has 0 saturated heterocycles. The van der Waals surface area contributed by atoms with E-state index in [1.807, 2.05) is 18.2 Å². The third kappa shape index (κ3) is 3.03. The number of halogens is 1. The fourth-order valence-corrected chi connectivity index (χ4v) is 2.31. The zero-order valence-electron chi connectivity index (χ0n) is 11.6. The van der Waals surface area contributed by atoms with Crippen LogP contribution in [0.3, 0.4) is 0 Å². The van der Waals surface area contributed by atoms with Gasteiger partial charge in [-0.25, -0.2) is 9.18 Å². The molecule has 0 fully saturated rings. The van der Waals surface area contributed by atoms with E-state index in [1.165, 1.54) is 12.1 Å². The Hall–Kier alpha value is -2.40. The molecule has 1 aromatic heterocycles. The number of benzene rings is 2. The summed E-state index contributed by atoms with van der Waals surface area (Å²) in [7, 11) is 0. The number of nitrogens with one attached hydrogen (secondary N) is 3. The maximum absolute atomic E-state index is 12.8. The van der Waals surface area contributed by atoms with Gasteiger partial charge in [0.15, 0.2) is 0 Å². The monoisotopic (exact) mass is 285 g/mol. The molecule has 0 aliphatic carbocycles. The second-order valence-electron chi connectivity index (χ2n) is 5.11. The van der Waals surface area contributed by atoms with Gasteiger partial charge in [-0.1, -0.05) is 18.2 Å². The molecule has 4 nitrogen and oxygen atoms in total. The smallest absolute Gasteiger partial charge is 0.306 e. The summed E-state index contributed by atoms with van der Waals surface area (Å²) in [6.45, 7) is 2.71. The van der Waals surface area contributed by atoms with Gasteiger partial charge >= 0.3 is 5.69 Å². The van der Waals surface area contributed by atoms with E-state index in [4.69, 9.17) is 0 Å². The van der Waals surface area contributed by atoms with Crippen LogP contribution in [0.5, 0.6) is 0 Å². The van der Waals surface area contributed by atoms with E-state index >= 15 is 0 Å². The van der Waals surface area contributed by atoms with Gasteiger partial charge in [0.25, 0.3) is 0 Å². The SMILES string of the molecule is CC(NCc1ccc(F)cc1)c1ccc2[nH]c(=O)[nH]c2c1. The zero-order chi connectivity index (χ0) is 14.8. The Morgan fingerprint density at radius 3 is 2.57 bits per heavy atom. The highest BCUT2D eigenvalue weighted by Gasteiger charge is 2.07. The van der Waals surface area contributed by atoms with Crippen molar-refractivity contribution in [3.8, 4) is 0 Å². The topological polar surface area (TPSA) is 60.7 Å². The number of hydrogen-bond donors (Lipinski definition) is 3. The van der Waals surface area contributed by atoms with E-state index in [2.05, 4.69) is 22.2 Å². The van der Waals surface area contributed by atoms with Crippen molar-refractivity contribution in [2.45, 2.75) is 19.5 Å². The fourth-order valence-electron chi connectivity index (χ4n) is 2.31. The van der Waals surface area contributed by atoms with Crippen LogP contribution >= 0.6 is 0 Å². The van der Waals surface area contributed by atoms with E-state index in [9.17, 15) is 9.18 Å². The largest absolute Gasteiger partial charge is 0.323 e. The molecule has 0 radical (unpaired) electrons. The summed E-state index contributed by atoms with van der Waals surface area (Å²) in [5.74, 6) is -0.228. The van der Waals surface area contributed by atoms with Crippen molar-refractivity contribution in [1.82, 2.24) is 15.3 Å². The maximum Gasteiger partial charge on any atom is 0.323 e. The average Bonchev–Trinajstić information content (AvgIpc) is 2.85. The van der Waals surface area contributed by atoms with Gasteiger partial charge in [0.05, 0.1) is 11.0 Å². The molecule has 3 aromatic rings. The molecule has 1 heterocycles. The summed E-state index contributed by atoms with van der Waals surface area (Å²) in [5.41, 5.74) is 3.51. The first-order valence-electron chi connectivity index (χ1n) is 6.81. The minimum absolute atomic E-state index is 0.123. The van der Waals surface area contributed by atoms with Crippen molar-refractivity contribution < 1.29 is 4.39 Å². The molecule has 3 N–H and O–H groups in total. The number of fused-ring (bicyclic) bond motifs is 1. The predicted octanol–water partition coefficient (Wildman–Crippen LogP) is 2.85. The Labute approximate surface area is 121 Å². The minimum Gasteiger partial charge on any atom is -0.306 e. The number of H-pyrrole nitrogens is 2. The van der Waals surface area contributed by atoms with Gasteiger partial charge in [-0.05, 0) is 42.3 Å². The predicted molar refractivity (Wildman–Crippen MR) is 80.6 cm³/mol. The Morgan fingerprint density at radius 1 is 1.10 bits per heavy atom. The van der Waals surface area contributed by atoms with E-state index in [-0.39, 0.29) is 17.5 Å². The number of imidazole rings is 1. The minimum atomic E-state index is -0.228. The van der Waals surface area contributed by atoms with Crippen LogP contribution in [0.4, 0.5) is 4.39 Å². The van der Waals surface area contributed by atoms with Crippen LogP contribution in [0, 0.1) is 5.82 Å². The van der Waals surface area contributed by atoms with Gasteiger partial charge in [-0.3, -0.25) is 0 Å². The first-order valence-corrected chi connectivity index (χ1v) is 6.81. The standard InChI is InChI=1S/C16H16FN3O/c1-10(18-9-11-2-5-13(17)6-3-11)12-4-7-14-15(8-12)20-16(21)19-14/h2-8,10,18H,9H2,1H3,(H2,19,20,21). The average molecular weight is 285 g/mol. The fraction of sp³-hybridized carbons (Fsp3) is 0.188. The molecule has 0 saturated carbocycles. The summed E-state index contributed by atoms with van der Waals surface area (Å²) >= 11 is 0. The molecule has 108 valence electrons. The normalized spacial score (nSPS) is 12.7. The van der Waals surface area contributed by atoms with E-state index in [0.717, 1.165) is 22.2 Å². The van der Waals surface area contributed by atoms with Crippen molar-refractivity contribution in [2.75, 3.05) is 0 Å². The summed E-state index contributed by atoms with van der Waals surface area (Å²) in [6, 6.07) is 12.4. The maximum atomic E-state index is 12.8. The van der Waals surface area contributed by atoms with Crippen LogP contribution < -0.4 is 11.0 Å². The van der Waals surface area contributed by atoms with Gasteiger partial charge in [0.1, 0.15) is 5.82 Å². The lowest BCUT2D eigenvalue weighted by molar-refractivity contribution is 0.573. The summed E-state index contributed by atoms with van der Waals surface area (Å²) in [4.78, 5) is 16.7. The molecular weight excluding hydrogens is 269 g/mol. The third-order valence-electron chi connectivity index (χ3n) is 3.57. The molecule has 3 rings (SSSR count). The Kier molecular flexibility index (Phi) is 3.58. The van der Waals surface area contributed by atoms with E-state index in [0.29, 0.717) is 6.54 Å². The van der Waals surface area contributed by atoms with Crippen LogP contribution in [0.25, 0.3) is 11.0 Å². The first kappa shape index (κ1) is 13.6. The summed E-state index contributed by atoms with van der Waals surface area (Å²) < 4.78 is 12.8. The molecule has 0 amide bonds. The quantitative estimate of drug-likeness (QED) is 0.690. The highest BCUT2D eigenvalue weighted by molar-refractivity contribution is 5.75. The molecule has 0 aliphatic rings. The Balaban J connectivity index is 1.72. The van der Waals surface area contributed by atoms with Crippen LogP contribution in [0.2, 0.25) is 0 Å². The summed E-state index contributed by atoms with van der Waals surface area (Å²) in [6.07, 6.45) is 0. The third-order valence-corrected chi connectivity index (χ3v) is 3.57. The number of aromatic amines is 2. The van der Waals surface area contributed by atoms with Gasteiger partial charge in [-0.15, -0.1) is 0 Å². The van der Waals surface area contributed by atoms with Gasteiger partial charge in [0.2, 0.25) is 0 Å². The zero-order valence-corrected chi connectivity index (χ0v) is 11.6. The van der Waals surface area contributed by atoms with Crippen molar-refractivity contribution in [1.29, 1.82) is 0 Å². The van der Waals surface area contributed by atoms with Crippen LogP contribution in [-0.2, 0) is 6.54 Å². The number of rotatable bonds is 4. The van der Waals surface area contributed by atoms with Gasteiger partial charge < -0.3 is 15.3 Å². The first-order chi connectivity index (χ1) is 10.1. The van der Waals surface area contributed by atoms with Crippen LogP contribution in [-0.4, -0.2) is 9.97 Å². The second kappa shape index (κ2) is 5.54. The lowest BCUT2D eigenvalue weighted by Crippen LogP contribution is -2.18. The molecule has 21 heavy (non-hydrogen) atoms. The van der Waals surface area contributed by atoms with Gasteiger partial charge in [-0.2, -0.15) is 0 Å². The molecule has 1 unspecified atom stereocenters. The molecule has 5 heteroatoms. The molecule has 1 atom stereocenters. The summed E-state index contributed by atoms with van der Waals surface area (Å²) in [5, 5.41) is 3.38. The molecule has 0 aliphatic heterocycles.